The monoisotopic (exact) mass is 141 g/mol. The summed E-state index contributed by atoms with van der Waals surface area (Å²) in [6.07, 6.45) is 5.79. The molecular weight excluding hydrogens is 128 g/mol. The zero-order chi connectivity index (χ0) is 6.91. The summed E-state index contributed by atoms with van der Waals surface area (Å²) in [7, 11) is -1.39. The van der Waals surface area contributed by atoms with Gasteiger partial charge in [0.15, 0.2) is 0 Å². The van der Waals surface area contributed by atoms with Crippen LogP contribution in [0.2, 0.25) is 19.6 Å². The van der Waals surface area contributed by atoms with Gasteiger partial charge in [0.2, 0.25) is 0 Å². The summed E-state index contributed by atoms with van der Waals surface area (Å²) in [5.41, 5.74) is 0. The average molecular weight is 141 g/mol. The Bertz CT molecular complexity index is 173. The van der Waals surface area contributed by atoms with Gasteiger partial charge in [0.25, 0.3) is 0 Å². The summed E-state index contributed by atoms with van der Waals surface area (Å²) < 4.78 is 2.24. The molecule has 0 amide bonds. The van der Waals surface area contributed by atoms with Gasteiger partial charge < -0.3 is 0 Å². The van der Waals surface area contributed by atoms with Crippen LogP contribution in [0.15, 0.2) is 18.7 Å². The Morgan fingerprint density at radius 3 is 2.22 bits per heavy atom. The van der Waals surface area contributed by atoms with Crippen molar-refractivity contribution in [1.29, 1.82) is 0 Å². The molecule has 0 fully saturated rings. The fourth-order valence-corrected chi connectivity index (χ4v) is 1.80. The Kier molecular flexibility index (Phi) is 1.44. The molecule has 0 aromatic carbocycles. The molecule has 0 aliphatic rings. The normalized spacial score (nSPS) is 13.7. The molecule has 52 valence electrons. The van der Waals surface area contributed by atoms with Gasteiger partial charge in [0.1, 0.15) is 0 Å². The van der Waals surface area contributed by atoms with Crippen molar-refractivity contribution in [3.8, 4) is 0 Å². The van der Waals surface area contributed by atoms with E-state index in [4.69, 9.17) is 0 Å². The molecule has 0 saturated carbocycles. The molecule has 0 atom stereocenters. The number of hydrogen-bond acceptors (Lipinski definition) is 1. The van der Waals surface area contributed by atoms with Crippen molar-refractivity contribution in [3.63, 3.8) is 0 Å². The number of aromatic nitrogens is 2. The van der Waals surface area contributed by atoms with Gasteiger partial charge in [-0.25, -0.2) is 0 Å². The van der Waals surface area contributed by atoms with Gasteiger partial charge in [-0.05, 0) is 0 Å². The van der Waals surface area contributed by atoms with E-state index in [1.807, 2.05) is 18.7 Å². The minimum atomic E-state index is -1.39. The SMILES string of the molecule is C[SiH-](C)(C)n1ccnc1. The Balaban J connectivity index is 2.90. The third-order valence-corrected chi connectivity index (χ3v) is 3.51. The number of rotatable bonds is 1. The van der Waals surface area contributed by atoms with E-state index in [1.165, 1.54) is 0 Å². The standard InChI is InChI=1S/C6H13N2Si/c1-9(2,3)8-5-4-7-6-8/h4-6,9H,1-3H3/q-1. The molecule has 0 unspecified atom stereocenters. The fraction of sp³-hybridized carbons (Fsp3) is 0.500. The second kappa shape index (κ2) is 1.99. The van der Waals surface area contributed by atoms with Crippen LogP contribution < -0.4 is 0 Å². The molecular formula is C6H13N2Si-. The van der Waals surface area contributed by atoms with E-state index in [9.17, 15) is 0 Å². The van der Waals surface area contributed by atoms with Crippen LogP contribution in [-0.4, -0.2) is 17.5 Å². The van der Waals surface area contributed by atoms with Gasteiger partial charge in [-0.2, -0.15) is 0 Å². The zero-order valence-corrected chi connectivity index (χ0v) is 7.36. The van der Waals surface area contributed by atoms with Crippen molar-refractivity contribution < 1.29 is 0 Å². The summed E-state index contributed by atoms with van der Waals surface area (Å²) in [5.74, 6) is 0. The first-order valence-corrected chi connectivity index (χ1v) is 7.34. The molecule has 1 aromatic heterocycles. The van der Waals surface area contributed by atoms with E-state index < -0.39 is 8.24 Å². The first-order valence-electron chi connectivity index (χ1n) is 3.36. The minimum absolute atomic E-state index is 1.39. The van der Waals surface area contributed by atoms with Crippen molar-refractivity contribution in [2.75, 3.05) is 0 Å². The van der Waals surface area contributed by atoms with Crippen molar-refractivity contribution in [2.24, 2.45) is 0 Å². The van der Waals surface area contributed by atoms with Crippen molar-refractivity contribution in [3.05, 3.63) is 18.7 Å². The van der Waals surface area contributed by atoms with E-state index in [2.05, 4.69) is 28.9 Å². The van der Waals surface area contributed by atoms with Crippen LogP contribution in [0.5, 0.6) is 0 Å². The van der Waals surface area contributed by atoms with Gasteiger partial charge in [-0.15, -0.1) is 0 Å². The molecule has 0 aliphatic carbocycles. The number of nitrogens with zero attached hydrogens (tertiary/aromatic N) is 2. The second-order valence-electron chi connectivity index (χ2n) is 3.52. The predicted octanol–water partition coefficient (Wildman–Crippen LogP) is 1.30. The third-order valence-electron chi connectivity index (χ3n) is 1.42. The Labute approximate surface area is 56.6 Å². The van der Waals surface area contributed by atoms with Crippen molar-refractivity contribution in [1.82, 2.24) is 9.22 Å². The van der Waals surface area contributed by atoms with Gasteiger partial charge in [-0.3, -0.25) is 0 Å². The summed E-state index contributed by atoms with van der Waals surface area (Å²) >= 11 is 0. The molecule has 0 N–H and O–H groups in total. The van der Waals surface area contributed by atoms with E-state index >= 15 is 0 Å². The topological polar surface area (TPSA) is 17.8 Å². The molecule has 0 bridgehead atoms. The number of hydrogen-bond donors (Lipinski definition) is 0. The van der Waals surface area contributed by atoms with E-state index in [0.717, 1.165) is 0 Å². The molecule has 1 heterocycles. The van der Waals surface area contributed by atoms with Crippen LogP contribution in [-0.2, 0) is 0 Å². The van der Waals surface area contributed by atoms with Crippen LogP contribution in [0.25, 0.3) is 0 Å². The molecule has 3 heteroatoms. The van der Waals surface area contributed by atoms with Crippen LogP contribution in [0, 0.1) is 0 Å². The second-order valence-corrected chi connectivity index (χ2v) is 9.13. The van der Waals surface area contributed by atoms with E-state index in [0.29, 0.717) is 0 Å². The summed E-state index contributed by atoms with van der Waals surface area (Å²) in [6, 6.07) is 0. The summed E-state index contributed by atoms with van der Waals surface area (Å²) in [6.45, 7) is 6.94. The number of imidazole rings is 1. The maximum atomic E-state index is 3.99. The molecule has 0 spiro atoms. The molecule has 0 radical (unpaired) electrons. The summed E-state index contributed by atoms with van der Waals surface area (Å²) in [4.78, 5) is 3.99. The van der Waals surface area contributed by atoms with E-state index in [1.54, 1.807) is 0 Å². The first-order chi connectivity index (χ1) is 4.11. The van der Waals surface area contributed by atoms with Gasteiger partial charge in [0.05, 0.1) is 0 Å². The Morgan fingerprint density at radius 1 is 1.33 bits per heavy atom. The molecule has 0 aliphatic heterocycles. The quantitative estimate of drug-likeness (QED) is 0.539. The molecule has 1 aromatic rings. The average Bonchev–Trinajstić information content (AvgIpc) is 2.08. The molecule has 2 nitrogen and oxygen atoms in total. The van der Waals surface area contributed by atoms with Gasteiger partial charge in [-0.1, -0.05) is 0 Å². The van der Waals surface area contributed by atoms with Crippen molar-refractivity contribution in [2.45, 2.75) is 19.6 Å². The molecule has 9 heavy (non-hydrogen) atoms. The maximum absolute atomic E-state index is 3.99. The predicted molar refractivity (Wildman–Crippen MR) is 42.4 cm³/mol. The first kappa shape index (κ1) is 6.55. The summed E-state index contributed by atoms with van der Waals surface area (Å²) in [5, 5.41) is 0. The zero-order valence-electron chi connectivity index (χ0n) is 6.20. The van der Waals surface area contributed by atoms with E-state index in [-0.39, 0.29) is 0 Å². The van der Waals surface area contributed by atoms with Gasteiger partial charge >= 0.3 is 55.8 Å². The molecule has 0 saturated heterocycles. The molecule has 1 rings (SSSR count). The fourth-order valence-electron chi connectivity index (χ4n) is 0.728. The Hall–Kier alpha value is -0.573. The van der Waals surface area contributed by atoms with Crippen LogP contribution in [0.1, 0.15) is 0 Å². The van der Waals surface area contributed by atoms with Crippen molar-refractivity contribution >= 4 is 8.24 Å². The third kappa shape index (κ3) is 1.42. The van der Waals surface area contributed by atoms with Crippen LogP contribution >= 0.6 is 0 Å². The Morgan fingerprint density at radius 2 is 2.00 bits per heavy atom. The van der Waals surface area contributed by atoms with Gasteiger partial charge in [0, 0.05) is 0 Å². The van der Waals surface area contributed by atoms with Crippen LogP contribution in [0.3, 0.4) is 0 Å². The van der Waals surface area contributed by atoms with Crippen LogP contribution in [0.4, 0.5) is 0 Å².